The first-order valence-corrected chi connectivity index (χ1v) is 6.72. The second-order valence-electron chi connectivity index (χ2n) is 3.67. The quantitative estimate of drug-likeness (QED) is 0.809. The summed E-state index contributed by atoms with van der Waals surface area (Å²) in [7, 11) is 1.27. The minimum absolute atomic E-state index is 0.0537. The number of thiazole rings is 1. The normalized spacial score (nSPS) is 9.85. The number of rotatable bonds is 4. The maximum absolute atomic E-state index is 11.4. The van der Waals surface area contributed by atoms with Gasteiger partial charge in [0.2, 0.25) is 0 Å². The molecule has 2 rings (SSSR count). The van der Waals surface area contributed by atoms with Gasteiger partial charge in [-0.05, 0) is 17.7 Å². The number of nitrogens with zero attached hydrogens (tertiary/aromatic N) is 2. The zero-order valence-corrected chi connectivity index (χ0v) is 12.0. The molecule has 7 heteroatoms. The van der Waals surface area contributed by atoms with Gasteiger partial charge in [0.05, 0.1) is 19.6 Å². The smallest absolute Gasteiger partial charge is 0.351 e. The number of hydrogen-bond acceptors (Lipinski definition) is 6. The second-order valence-corrected chi connectivity index (χ2v) is 4.99. The lowest BCUT2D eigenvalue weighted by atomic mass is 10.2. The van der Waals surface area contributed by atoms with Crippen molar-refractivity contribution in [2.24, 2.45) is 0 Å². The summed E-state index contributed by atoms with van der Waals surface area (Å²) in [6.07, 6.45) is 0.343. The number of carbonyl (C=O) groups excluding carboxylic acids is 1. The van der Waals surface area contributed by atoms with Crippen LogP contribution in [-0.4, -0.2) is 18.1 Å². The first kappa shape index (κ1) is 14.3. The molecule has 1 aromatic heterocycles. The largest absolute Gasteiger partial charge is 0.465 e. The van der Waals surface area contributed by atoms with E-state index < -0.39 is 5.97 Å². The van der Waals surface area contributed by atoms with Crippen LogP contribution in [0, 0.1) is 11.3 Å². The first-order chi connectivity index (χ1) is 9.63. The van der Waals surface area contributed by atoms with Crippen molar-refractivity contribution in [2.75, 3.05) is 7.11 Å². The van der Waals surface area contributed by atoms with E-state index in [0.717, 1.165) is 16.9 Å². The number of carbonyl (C=O) groups is 1. The summed E-state index contributed by atoms with van der Waals surface area (Å²) in [6, 6.07) is 9.08. The fraction of sp³-hybridized carbons (Fsp3) is 0.154. The van der Waals surface area contributed by atoms with E-state index in [1.807, 2.05) is 0 Å². The summed E-state index contributed by atoms with van der Waals surface area (Å²) < 4.78 is 10.1. The number of ether oxygens (including phenoxy) is 2. The zero-order valence-electron chi connectivity index (χ0n) is 10.4. The van der Waals surface area contributed by atoms with Crippen LogP contribution >= 0.6 is 22.9 Å². The van der Waals surface area contributed by atoms with Crippen LogP contribution in [-0.2, 0) is 11.2 Å². The van der Waals surface area contributed by atoms with E-state index in [-0.39, 0.29) is 15.2 Å². The highest BCUT2D eigenvalue weighted by atomic mass is 35.5. The van der Waals surface area contributed by atoms with Crippen molar-refractivity contribution in [1.82, 2.24) is 4.98 Å². The third kappa shape index (κ3) is 3.26. The number of halogens is 1. The third-order valence-electron chi connectivity index (χ3n) is 2.35. The maximum Gasteiger partial charge on any atom is 0.351 e. The van der Waals surface area contributed by atoms with Crippen molar-refractivity contribution in [3.8, 4) is 17.0 Å². The Hall–Kier alpha value is -2.10. The van der Waals surface area contributed by atoms with E-state index in [9.17, 15) is 4.79 Å². The van der Waals surface area contributed by atoms with Crippen LogP contribution in [0.2, 0.25) is 5.15 Å². The molecule has 20 heavy (non-hydrogen) atoms. The van der Waals surface area contributed by atoms with Gasteiger partial charge in [-0.1, -0.05) is 35.1 Å². The molecule has 0 bridgehead atoms. The van der Waals surface area contributed by atoms with Crippen molar-refractivity contribution >= 4 is 28.9 Å². The molecule has 5 nitrogen and oxygen atoms in total. The number of methoxy groups -OCH3 is 1. The third-order valence-corrected chi connectivity index (χ3v) is 3.65. The van der Waals surface area contributed by atoms with Crippen molar-refractivity contribution in [3.63, 3.8) is 0 Å². The Labute approximate surface area is 124 Å². The number of hydrogen-bond donors (Lipinski definition) is 0. The lowest BCUT2D eigenvalue weighted by Crippen LogP contribution is -1.98. The van der Waals surface area contributed by atoms with E-state index in [2.05, 4.69) is 15.8 Å². The van der Waals surface area contributed by atoms with Crippen molar-refractivity contribution in [2.45, 2.75) is 6.42 Å². The average Bonchev–Trinajstić information content (AvgIpc) is 2.81. The van der Waals surface area contributed by atoms with Gasteiger partial charge in [-0.25, -0.2) is 4.79 Å². The number of benzene rings is 1. The molecule has 0 aliphatic heterocycles. The monoisotopic (exact) mass is 308 g/mol. The lowest BCUT2D eigenvalue weighted by Gasteiger charge is -2.01. The Kier molecular flexibility index (Phi) is 4.56. The van der Waals surface area contributed by atoms with Crippen molar-refractivity contribution < 1.29 is 14.3 Å². The molecule has 0 radical (unpaired) electrons. The summed E-state index contributed by atoms with van der Waals surface area (Å²) in [4.78, 5) is 15.5. The molecule has 102 valence electrons. The lowest BCUT2D eigenvalue weighted by molar-refractivity contribution is 0.0606. The van der Waals surface area contributed by atoms with Gasteiger partial charge in [0.1, 0.15) is 5.75 Å². The topological polar surface area (TPSA) is 72.2 Å². The highest BCUT2D eigenvalue weighted by molar-refractivity contribution is 7.15. The minimum atomic E-state index is -0.549. The molecule has 0 aliphatic carbocycles. The van der Waals surface area contributed by atoms with Crippen molar-refractivity contribution in [3.05, 3.63) is 39.9 Å². The van der Waals surface area contributed by atoms with E-state index >= 15 is 0 Å². The van der Waals surface area contributed by atoms with Crippen LogP contribution in [0.15, 0.2) is 24.3 Å². The van der Waals surface area contributed by atoms with Gasteiger partial charge in [-0.15, -0.1) is 0 Å². The fourth-order valence-corrected chi connectivity index (χ4v) is 2.48. The molecule has 1 aromatic carbocycles. The van der Waals surface area contributed by atoms with Gasteiger partial charge >= 0.3 is 5.97 Å². The highest BCUT2D eigenvalue weighted by Gasteiger charge is 2.18. The van der Waals surface area contributed by atoms with Crippen LogP contribution in [0.4, 0.5) is 0 Å². The molecule has 0 N–H and O–H groups in total. The minimum Gasteiger partial charge on any atom is -0.465 e. The van der Waals surface area contributed by atoms with Crippen LogP contribution in [0.1, 0.15) is 15.2 Å². The average molecular weight is 309 g/mol. The van der Waals surface area contributed by atoms with Gasteiger partial charge in [-0.2, -0.15) is 10.2 Å². The number of aromatic nitrogens is 1. The van der Waals surface area contributed by atoms with Gasteiger partial charge in [0.25, 0.3) is 5.19 Å². The maximum atomic E-state index is 11.4. The van der Waals surface area contributed by atoms with Crippen LogP contribution < -0.4 is 4.74 Å². The molecule has 0 atom stereocenters. The van der Waals surface area contributed by atoms with E-state index in [0.29, 0.717) is 12.2 Å². The Bertz CT molecular complexity index is 661. The molecule has 0 fully saturated rings. The molecular weight excluding hydrogens is 300 g/mol. The standard InChI is InChI=1S/C13H9ClN2O3S/c1-18-12(17)10-11(14)16-13(20-10)19-9-4-2-8(3-5-9)6-7-15/h2-5H,6H2,1H3. The van der Waals surface area contributed by atoms with Crippen molar-refractivity contribution in [1.29, 1.82) is 5.26 Å². The predicted octanol–water partition coefficient (Wildman–Crippen LogP) is 3.44. The molecule has 0 unspecified atom stereocenters. The summed E-state index contributed by atoms with van der Waals surface area (Å²) in [5.74, 6) is 0.000223. The Morgan fingerprint density at radius 2 is 2.15 bits per heavy atom. The summed E-state index contributed by atoms with van der Waals surface area (Å²) >= 11 is 6.84. The summed E-state index contributed by atoms with van der Waals surface area (Å²) in [6.45, 7) is 0. The first-order valence-electron chi connectivity index (χ1n) is 5.52. The zero-order chi connectivity index (χ0) is 14.5. The predicted molar refractivity (Wildman–Crippen MR) is 74.3 cm³/mol. The van der Waals surface area contributed by atoms with E-state index in [1.54, 1.807) is 24.3 Å². The van der Waals surface area contributed by atoms with Gasteiger partial charge in [-0.3, -0.25) is 0 Å². The highest BCUT2D eigenvalue weighted by Crippen LogP contribution is 2.32. The SMILES string of the molecule is COC(=O)c1sc(Oc2ccc(CC#N)cc2)nc1Cl. The molecule has 1 heterocycles. The van der Waals surface area contributed by atoms with E-state index in [1.165, 1.54) is 7.11 Å². The molecular formula is C13H9ClN2O3S. The summed E-state index contributed by atoms with van der Waals surface area (Å²) in [5, 5.41) is 8.89. The van der Waals surface area contributed by atoms with Gasteiger partial charge in [0, 0.05) is 0 Å². The number of nitriles is 1. The van der Waals surface area contributed by atoms with Crippen LogP contribution in [0.3, 0.4) is 0 Å². The Morgan fingerprint density at radius 1 is 1.45 bits per heavy atom. The molecule has 0 spiro atoms. The Balaban J connectivity index is 2.14. The van der Waals surface area contributed by atoms with Crippen LogP contribution in [0.5, 0.6) is 10.9 Å². The van der Waals surface area contributed by atoms with Gasteiger partial charge in [0.15, 0.2) is 10.0 Å². The summed E-state index contributed by atoms with van der Waals surface area (Å²) in [5.41, 5.74) is 0.896. The van der Waals surface area contributed by atoms with Gasteiger partial charge < -0.3 is 9.47 Å². The van der Waals surface area contributed by atoms with E-state index in [4.69, 9.17) is 21.6 Å². The molecule has 2 aromatic rings. The molecule has 0 aliphatic rings. The molecule has 0 saturated heterocycles. The van der Waals surface area contributed by atoms with Crippen LogP contribution in [0.25, 0.3) is 0 Å². The number of esters is 1. The molecule has 0 amide bonds. The molecule has 0 saturated carbocycles. The fourth-order valence-electron chi connectivity index (χ4n) is 1.41. The second kappa shape index (κ2) is 6.37. The Morgan fingerprint density at radius 3 is 2.75 bits per heavy atom.